The van der Waals surface area contributed by atoms with Crippen LogP contribution in [-0.4, -0.2) is 114 Å². The van der Waals surface area contributed by atoms with Crippen molar-refractivity contribution in [3.8, 4) is 0 Å². The Hall–Kier alpha value is -8.51. The highest BCUT2D eigenvalue weighted by molar-refractivity contribution is 5.93. The highest BCUT2D eigenvalue weighted by atomic mass is 16.7. The van der Waals surface area contributed by atoms with Crippen molar-refractivity contribution in [2.24, 2.45) is 0 Å². The number of carbonyl (C=O) groups excluding carboxylic acids is 6. The van der Waals surface area contributed by atoms with Crippen molar-refractivity contribution in [1.82, 2.24) is 0 Å². The Bertz CT molecular complexity index is 2710. The molecule has 0 saturated carbocycles. The summed E-state index contributed by atoms with van der Waals surface area (Å²) in [6.45, 7) is -1.75. The molecule has 0 bridgehead atoms. The third-order valence-corrected chi connectivity index (χ3v) is 10.6. The smallest absolute Gasteiger partial charge is 0.349 e. The van der Waals surface area contributed by atoms with Crippen LogP contribution in [0, 0.1) is 0 Å². The van der Waals surface area contributed by atoms with Gasteiger partial charge in [-0.2, -0.15) is 0 Å². The minimum absolute atomic E-state index is 0.00332. The van der Waals surface area contributed by atoms with E-state index in [1.54, 1.807) is 84.9 Å². The molecule has 8 atom stereocenters. The van der Waals surface area contributed by atoms with E-state index in [2.05, 4.69) is 0 Å². The van der Waals surface area contributed by atoms with Crippen LogP contribution in [0.4, 0.5) is 0 Å². The quantitative estimate of drug-likeness (QED) is 0.0683. The Labute approximate surface area is 400 Å². The summed E-state index contributed by atoms with van der Waals surface area (Å²) in [7, 11) is 0. The van der Waals surface area contributed by atoms with E-state index in [4.69, 9.17) is 37.9 Å². The van der Waals surface area contributed by atoms with Crippen LogP contribution >= 0.6 is 0 Å². The molecule has 1 aliphatic rings. The van der Waals surface area contributed by atoms with E-state index in [0.717, 1.165) is 0 Å². The standard InChI is InChI=1S/C53H44O17/c54-39(41(66-48(58)34-21-9-2-10-22-34)44(46(55)56)69-51(61)37-27-15-5-16-28-37)31-64-53-45(70-52(62)38-29-17-6-18-30-38)43(68-50(60)36-25-13-4-14-26-36)42(67-49(59)35-23-11-3-12-24-35)40(65-53)32-63-47(57)33-19-7-1-8-20-33/h1-30,39-45,53-54H,31-32H2,(H,55,56)/t39-,40-,41-,42-,43+,44+,45-,53+/m1/s1. The van der Waals surface area contributed by atoms with Gasteiger partial charge >= 0.3 is 41.8 Å². The molecule has 1 heterocycles. The fraction of sp³-hybridized carbons (Fsp3) is 0.189. The molecule has 1 saturated heterocycles. The van der Waals surface area contributed by atoms with E-state index < -0.39 is 104 Å². The minimum Gasteiger partial charge on any atom is -0.478 e. The van der Waals surface area contributed by atoms with Gasteiger partial charge in [-0.05, 0) is 72.8 Å². The summed E-state index contributed by atoms with van der Waals surface area (Å²) in [4.78, 5) is 94.9. The Morgan fingerprint density at radius 2 is 0.786 bits per heavy atom. The lowest BCUT2D eigenvalue weighted by molar-refractivity contribution is -0.303. The van der Waals surface area contributed by atoms with Gasteiger partial charge in [-0.3, -0.25) is 0 Å². The lowest BCUT2D eigenvalue weighted by Crippen LogP contribution is -2.63. The number of carbonyl (C=O) groups is 7. The molecule has 2 N–H and O–H groups in total. The van der Waals surface area contributed by atoms with Gasteiger partial charge in [0.1, 0.15) is 18.8 Å². The number of aliphatic carboxylic acids is 1. The number of aliphatic hydroxyl groups is 1. The Balaban J connectivity index is 1.27. The number of benzene rings is 6. The first kappa shape index (κ1) is 49.4. The predicted octanol–water partition coefficient (Wildman–Crippen LogP) is 6.16. The van der Waals surface area contributed by atoms with Gasteiger partial charge in [-0.1, -0.05) is 109 Å². The van der Waals surface area contributed by atoms with Gasteiger partial charge in [0.2, 0.25) is 6.10 Å². The number of esters is 6. The molecule has 6 aromatic rings. The average molecular weight is 953 g/mol. The molecule has 0 spiro atoms. The third-order valence-electron chi connectivity index (χ3n) is 10.6. The second-order valence-corrected chi connectivity index (χ2v) is 15.4. The zero-order chi connectivity index (χ0) is 49.4. The maximum Gasteiger partial charge on any atom is 0.349 e. The molecule has 7 rings (SSSR count). The summed E-state index contributed by atoms with van der Waals surface area (Å²) in [5, 5.41) is 22.3. The SMILES string of the molecule is O=C(OC[C@H]1O[C@H](OC[C@@H](O)[C@@H](OC(=O)c2ccccc2)[C@H](OC(=O)c2ccccc2)C(=O)O)[C@H](OC(=O)c2ccccc2)[C@@H](OC(=O)c2ccccc2)[C@@H]1OC(=O)c1ccccc1)c1ccccc1. The molecule has 0 radical (unpaired) electrons. The molecule has 1 aliphatic heterocycles. The average Bonchev–Trinajstić information content (AvgIpc) is 3.40. The molecule has 6 aromatic carbocycles. The fourth-order valence-electron chi connectivity index (χ4n) is 7.07. The molecule has 0 aliphatic carbocycles. The number of hydrogen-bond acceptors (Lipinski definition) is 16. The van der Waals surface area contributed by atoms with Crippen LogP contribution in [-0.2, 0) is 42.7 Å². The van der Waals surface area contributed by atoms with Crippen molar-refractivity contribution < 1.29 is 81.7 Å². The molecule has 17 heteroatoms. The highest BCUT2D eigenvalue weighted by Gasteiger charge is 2.54. The normalized spacial score (nSPS) is 18.6. The van der Waals surface area contributed by atoms with Crippen molar-refractivity contribution in [1.29, 1.82) is 0 Å². The summed E-state index contributed by atoms with van der Waals surface area (Å²) < 4.78 is 47.1. The molecule has 1 fully saturated rings. The Morgan fingerprint density at radius 1 is 0.443 bits per heavy atom. The van der Waals surface area contributed by atoms with Crippen LogP contribution in [0.15, 0.2) is 182 Å². The summed E-state index contributed by atoms with van der Waals surface area (Å²) in [6, 6.07) is 45.4. The summed E-state index contributed by atoms with van der Waals surface area (Å²) in [5.41, 5.74) is 0.0723. The molecule has 0 aromatic heterocycles. The highest BCUT2D eigenvalue weighted by Crippen LogP contribution is 2.32. The van der Waals surface area contributed by atoms with Crippen molar-refractivity contribution >= 4 is 41.8 Å². The number of rotatable bonds is 19. The van der Waals surface area contributed by atoms with E-state index in [0.29, 0.717) is 0 Å². The maximum absolute atomic E-state index is 14.0. The van der Waals surface area contributed by atoms with Crippen LogP contribution in [0.1, 0.15) is 62.1 Å². The first-order valence-corrected chi connectivity index (χ1v) is 21.7. The zero-order valence-electron chi connectivity index (χ0n) is 36.9. The summed E-state index contributed by atoms with van der Waals surface area (Å²) in [6.07, 6.45) is -15.8. The molecule has 358 valence electrons. The summed E-state index contributed by atoms with van der Waals surface area (Å²) >= 11 is 0. The van der Waals surface area contributed by atoms with Gasteiger partial charge in [-0.25, -0.2) is 33.6 Å². The molecular formula is C53H44O17. The molecule has 0 amide bonds. The Morgan fingerprint density at radius 3 is 1.19 bits per heavy atom. The Kier molecular flexibility index (Phi) is 16.9. The van der Waals surface area contributed by atoms with E-state index in [1.807, 2.05) is 0 Å². The minimum atomic E-state index is -2.36. The zero-order valence-corrected chi connectivity index (χ0v) is 36.9. The van der Waals surface area contributed by atoms with Crippen LogP contribution < -0.4 is 0 Å². The molecule has 17 nitrogen and oxygen atoms in total. The number of hydrogen-bond donors (Lipinski definition) is 2. The summed E-state index contributed by atoms with van der Waals surface area (Å²) in [5.74, 6) is -7.89. The van der Waals surface area contributed by atoms with Crippen LogP contribution in [0.25, 0.3) is 0 Å². The van der Waals surface area contributed by atoms with Gasteiger partial charge in [0, 0.05) is 0 Å². The fourth-order valence-corrected chi connectivity index (χ4v) is 7.07. The molecule has 0 unspecified atom stereocenters. The van der Waals surface area contributed by atoms with Crippen molar-refractivity contribution in [2.75, 3.05) is 13.2 Å². The van der Waals surface area contributed by atoms with Gasteiger partial charge in [0.15, 0.2) is 30.7 Å². The predicted molar refractivity (Wildman–Crippen MR) is 243 cm³/mol. The van der Waals surface area contributed by atoms with E-state index >= 15 is 0 Å². The largest absolute Gasteiger partial charge is 0.478 e. The molecular weight excluding hydrogens is 909 g/mol. The second kappa shape index (κ2) is 24.0. The first-order chi connectivity index (χ1) is 34.0. The lowest BCUT2D eigenvalue weighted by atomic mass is 9.97. The number of carboxylic acid groups (broad SMARTS) is 1. The number of ether oxygens (including phenoxy) is 8. The van der Waals surface area contributed by atoms with Crippen LogP contribution in [0.2, 0.25) is 0 Å². The van der Waals surface area contributed by atoms with Crippen molar-refractivity contribution in [3.05, 3.63) is 215 Å². The van der Waals surface area contributed by atoms with Gasteiger partial charge in [-0.15, -0.1) is 0 Å². The second-order valence-electron chi connectivity index (χ2n) is 15.4. The van der Waals surface area contributed by atoms with Crippen LogP contribution in [0.3, 0.4) is 0 Å². The number of carboxylic acids is 1. The number of aliphatic hydroxyl groups excluding tert-OH is 1. The first-order valence-electron chi connectivity index (χ1n) is 21.7. The van der Waals surface area contributed by atoms with E-state index in [1.165, 1.54) is 97.1 Å². The lowest BCUT2D eigenvalue weighted by Gasteiger charge is -2.44. The third kappa shape index (κ3) is 12.9. The van der Waals surface area contributed by atoms with Crippen LogP contribution in [0.5, 0.6) is 0 Å². The maximum atomic E-state index is 14.0. The van der Waals surface area contributed by atoms with E-state index in [-0.39, 0.29) is 33.4 Å². The van der Waals surface area contributed by atoms with Crippen molar-refractivity contribution in [3.63, 3.8) is 0 Å². The van der Waals surface area contributed by atoms with Gasteiger partial charge in [0.25, 0.3) is 0 Å². The van der Waals surface area contributed by atoms with Gasteiger partial charge in [0.05, 0.1) is 40.0 Å². The van der Waals surface area contributed by atoms with Crippen molar-refractivity contribution in [2.45, 2.75) is 49.0 Å². The molecule has 70 heavy (non-hydrogen) atoms. The topological polar surface area (TPSA) is 234 Å². The van der Waals surface area contributed by atoms with E-state index in [9.17, 15) is 43.8 Å². The van der Waals surface area contributed by atoms with Gasteiger partial charge < -0.3 is 48.1 Å². The monoisotopic (exact) mass is 952 g/mol.